The van der Waals surface area contributed by atoms with Gasteiger partial charge in [0.05, 0.1) is 23.6 Å². The van der Waals surface area contributed by atoms with Crippen LogP contribution in [0.25, 0.3) is 15.8 Å². The first-order valence-electron chi connectivity index (χ1n) is 7.91. The molecule has 3 aromatic rings. The smallest absolute Gasteiger partial charge is 0.345 e. The summed E-state index contributed by atoms with van der Waals surface area (Å²) in [7, 11) is 0.856. The van der Waals surface area contributed by atoms with Crippen LogP contribution < -0.4 is 11.2 Å². The van der Waals surface area contributed by atoms with Crippen LogP contribution in [0.5, 0.6) is 0 Å². The molecule has 1 aliphatic heterocycles. The van der Waals surface area contributed by atoms with Crippen molar-refractivity contribution in [2.45, 2.75) is 12.5 Å². The van der Waals surface area contributed by atoms with E-state index in [4.69, 9.17) is 9.47 Å². The average molecular weight is 417 g/mol. The number of fused-ring (bicyclic) bond motifs is 1. The van der Waals surface area contributed by atoms with E-state index in [0.29, 0.717) is 33.6 Å². The lowest BCUT2D eigenvalue weighted by atomic mass is 10.2. The zero-order valence-electron chi connectivity index (χ0n) is 14.1. The second-order valence-electron chi connectivity index (χ2n) is 5.98. The predicted octanol–water partition coefficient (Wildman–Crippen LogP) is 2.35. The quantitative estimate of drug-likeness (QED) is 0.599. The van der Waals surface area contributed by atoms with Gasteiger partial charge in [-0.05, 0) is 23.7 Å². The van der Waals surface area contributed by atoms with Crippen LogP contribution in [0.3, 0.4) is 0 Å². The highest BCUT2D eigenvalue weighted by Crippen LogP contribution is 2.34. The number of alkyl halides is 3. The van der Waals surface area contributed by atoms with Crippen molar-refractivity contribution >= 4 is 21.6 Å². The summed E-state index contributed by atoms with van der Waals surface area (Å²) in [5.74, 6) is -0.949. The van der Waals surface area contributed by atoms with Gasteiger partial charge in [-0.25, -0.2) is 13.8 Å². The molecule has 0 atom stereocenters. The molecule has 1 aromatic carbocycles. The van der Waals surface area contributed by atoms with Gasteiger partial charge in [-0.2, -0.15) is 17.5 Å². The predicted molar refractivity (Wildman–Crippen MR) is 90.1 cm³/mol. The Morgan fingerprint density at radius 3 is 2.50 bits per heavy atom. The number of hydrogen-bond donors (Lipinski definition) is 0. The third-order valence-electron chi connectivity index (χ3n) is 4.26. The summed E-state index contributed by atoms with van der Waals surface area (Å²) in [6.07, 6.45) is -5.68. The van der Waals surface area contributed by atoms with Crippen LogP contribution in [0.4, 0.5) is 17.6 Å². The Morgan fingerprint density at radius 1 is 1.18 bits per heavy atom. The molecule has 0 N–H and O–H groups in total. The van der Waals surface area contributed by atoms with Crippen molar-refractivity contribution < 1.29 is 27.0 Å². The molecule has 0 spiro atoms. The van der Waals surface area contributed by atoms with Gasteiger partial charge in [-0.15, -0.1) is 0 Å². The van der Waals surface area contributed by atoms with Crippen molar-refractivity contribution in [3.05, 3.63) is 56.2 Å². The minimum absolute atomic E-state index is 0.251. The van der Waals surface area contributed by atoms with Crippen LogP contribution in [0.2, 0.25) is 0 Å². The molecule has 28 heavy (non-hydrogen) atoms. The maximum atomic E-state index is 14.6. The molecule has 1 aliphatic rings. The molecule has 0 unspecified atom stereocenters. The normalized spacial score (nSPS) is 15.6. The minimum atomic E-state index is -4.91. The van der Waals surface area contributed by atoms with Crippen molar-refractivity contribution in [2.75, 3.05) is 13.2 Å². The van der Waals surface area contributed by atoms with Crippen molar-refractivity contribution in [1.82, 2.24) is 13.5 Å². The standard InChI is InChI=1S/C16H11F4N3O4S/c1-22-11(16(18,19)20)6-12(24)23(15(22)25)9-4-7-10(5-8(9)17)28-21-13(7)14-26-2-3-27-14/h4-6,14H,2-3H2,1H3. The summed E-state index contributed by atoms with van der Waals surface area (Å²) in [5, 5.41) is 0.377. The van der Waals surface area contributed by atoms with E-state index in [1.807, 2.05) is 0 Å². The van der Waals surface area contributed by atoms with Gasteiger partial charge in [0.25, 0.3) is 5.56 Å². The average Bonchev–Trinajstić information content (AvgIpc) is 3.26. The van der Waals surface area contributed by atoms with Crippen LogP contribution >= 0.6 is 11.5 Å². The number of halogens is 4. The summed E-state index contributed by atoms with van der Waals surface area (Å²) < 4.78 is 69.5. The monoisotopic (exact) mass is 417 g/mol. The molecular weight excluding hydrogens is 406 g/mol. The fraction of sp³-hybridized carbons (Fsp3) is 0.312. The van der Waals surface area contributed by atoms with Crippen molar-refractivity contribution in [3.8, 4) is 5.69 Å². The number of rotatable bonds is 2. The van der Waals surface area contributed by atoms with Crippen LogP contribution in [-0.2, 0) is 22.7 Å². The maximum absolute atomic E-state index is 14.6. The lowest BCUT2D eigenvalue weighted by Gasteiger charge is -2.14. The second-order valence-corrected chi connectivity index (χ2v) is 6.79. The van der Waals surface area contributed by atoms with E-state index in [2.05, 4.69) is 4.37 Å². The zero-order valence-corrected chi connectivity index (χ0v) is 14.9. The summed E-state index contributed by atoms with van der Waals surface area (Å²) in [6.45, 7) is 0.688. The number of aromatic nitrogens is 3. The largest absolute Gasteiger partial charge is 0.431 e. The van der Waals surface area contributed by atoms with Gasteiger partial charge >= 0.3 is 11.9 Å². The summed E-state index contributed by atoms with van der Waals surface area (Å²) in [4.78, 5) is 24.7. The third-order valence-corrected chi connectivity index (χ3v) is 5.09. The number of hydrogen-bond acceptors (Lipinski definition) is 6. The number of benzene rings is 1. The molecule has 3 heterocycles. The van der Waals surface area contributed by atoms with Gasteiger partial charge in [-0.1, -0.05) is 0 Å². The summed E-state index contributed by atoms with van der Waals surface area (Å²) in [5.41, 5.74) is -4.18. The Hall–Kier alpha value is -2.57. The first-order chi connectivity index (χ1) is 13.2. The van der Waals surface area contributed by atoms with Gasteiger partial charge in [0.15, 0.2) is 0 Å². The Labute approximate surface area is 157 Å². The lowest BCUT2D eigenvalue weighted by molar-refractivity contribution is -0.144. The Kier molecular flexibility index (Phi) is 4.36. The Bertz CT molecular complexity index is 1190. The van der Waals surface area contributed by atoms with Crippen molar-refractivity contribution in [3.63, 3.8) is 0 Å². The molecule has 12 heteroatoms. The Morgan fingerprint density at radius 2 is 1.86 bits per heavy atom. The van der Waals surface area contributed by atoms with E-state index in [1.54, 1.807) is 0 Å². The highest BCUT2D eigenvalue weighted by Gasteiger charge is 2.35. The molecular formula is C16H11F4N3O4S. The molecule has 0 bridgehead atoms. The molecule has 0 radical (unpaired) electrons. The van der Waals surface area contributed by atoms with Crippen molar-refractivity contribution in [2.24, 2.45) is 7.05 Å². The molecule has 1 fully saturated rings. The molecule has 4 rings (SSSR count). The van der Waals surface area contributed by atoms with E-state index < -0.39 is 40.9 Å². The third kappa shape index (κ3) is 2.93. The van der Waals surface area contributed by atoms with E-state index in [1.165, 1.54) is 6.07 Å². The summed E-state index contributed by atoms with van der Waals surface area (Å²) in [6, 6.07) is 2.50. The van der Waals surface area contributed by atoms with Gasteiger partial charge in [0.1, 0.15) is 17.2 Å². The van der Waals surface area contributed by atoms with Gasteiger partial charge < -0.3 is 9.47 Å². The fourth-order valence-corrected chi connectivity index (χ4v) is 3.74. The van der Waals surface area contributed by atoms with Gasteiger partial charge in [-0.3, -0.25) is 9.36 Å². The number of ether oxygens (including phenoxy) is 2. The van der Waals surface area contributed by atoms with Crippen LogP contribution in [0, 0.1) is 5.82 Å². The zero-order chi connectivity index (χ0) is 20.2. The second kappa shape index (κ2) is 6.50. The first kappa shape index (κ1) is 18.8. The SMILES string of the molecule is Cn1c(C(F)(F)F)cc(=O)n(-c2cc3c(C4OCCO4)nsc3cc2F)c1=O. The molecule has 2 aromatic heterocycles. The lowest BCUT2D eigenvalue weighted by Crippen LogP contribution is -2.41. The highest BCUT2D eigenvalue weighted by atomic mass is 32.1. The summed E-state index contributed by atoms with van der Waals surface area (Å²) >= 11 is 0.967. The highest BCUT2D eigenvalue weighted by molar-refractivity contribution is 7.13. The molecule has 7 nitrogen and oxygen atoms in total. The molecule has 0 saturated carbocycles. The fourth-order valence-electron chi connectivity index (χ4n) is 2.94. The van der Waals surface area contributed by atoms with Crippen LogP contribution in [0.15, 0.2) is 27.8 Å². The van der Waals surface area contributed by atoms with Crippen LogP contribution in [0.1, 0.15) is 17.7 Å². The van der Waals surface area contributed by atoms with E-state index in [-0.39, 0.29) is 10.6 Å². The molecule has 0 aliphatic carbocycles. The first-order valence-corrected chi connectivity index (χ1v) is 8.68. The molecule has 0 amide bonds. The number of nitrogens with zero attached hydrogens (tertiary/aromatic N) is 3. The minimum Gasteiger partial charge on any atom is -0.345 e. The van der Waals surface area contributed by atoms with E-state index in [9.17, 15) is 27.2 Å². The van der Waals surface area contributed by atoms with Crippen molar-refractivity contribution in [1.29, 1.82) is 0 Å². The van der Waals surface area contributed by atoms with Gasteiger partial charge in [0.2, 0.25) is 6.29 Å². The maximum Gasteiger partial charge on any atom is 0.431 e. The molecule has 1 saturated heterocycles. The molecule has 148 valence electrons. The van der Waals surface area contributed by atoms with E-state index in [0.717, 1.165) is 24.6 Å². The van der Waals surface area contributed by atoms with Crippen LogP contribution in [-0.4, -0.2) is 26.7 Å². The van der Waals surface area contributed by atoms with E-state index >= 15 is 0 Å². The Balaban J connectivity index is 1.96. The van der Waals surface area contributed by atoms with Gasteiger partial charge in [0, 0.05) is 18.5 Å². The topological polar surface area (TPSA) is 75.3 Å².